The van der Waals surface area contributed by atoms with E-state index >= 15 is 0 Å². The Hall–Kier alpha value is 0.140. The van der Waals surface area contributed by atoms with E-state index in [0.29, 0.717) is 0 Å². The summed E-state index contributed by atoms with van der Waals surface area (Å²) < 4.78 is 1.04. The van der Waals surface area contributed by atoms with Crippen LogP contribution < -0.4 is 0 Å². The third-order valence-electron chi connectivity index (χ3n) is 1.44. The molecule has 0 heterocycles. The maximum Gasteiger partial charge on any atom is 0.0682 e. The second kappa shape index (κ2) is 4.24. The molecule has 1 rings (SSSR count). The summed E-state index contributed by atoms with van der Waals surface area (Å²) in [7, 11) is 0. The molecule has 60 valence electrons. The smallest absolute Gasteiger partial charge is 0.0682 e. The molecule has 0 unspecified atom stereocenters. The second-order valence-corrected chi connectivity index (χ2v) is 3.63. The Kier molecular flexibility index (Phi) is 3.55. The fraction of sp³-hybridized carbons (Fsp3) is 0.250. The van der Waals surface area contributed by atoms with Crippen molar-refractivity contribution < 1.29 is 5.11 Å². The molecule has 0 bridgehead atoms. The predicted octanol–water partition coefficient (Wildman–Crippen LogP) is 2.84. The molecule has 0 aromatic heterocycles. The van der Waals surface area contributed by atoms with Gasteiger partial charge in [0.1, 0.15) is 0 Å². The standard InChI is InChI=1S/C8H8Br2O/c9-4-7-2-1-6(5-11)3-8(7)10/h1-3,11H,4-5H2. The molecule has 0 fully saturated rings. The minimum absolute atomic E-state index is 0.0984. The van der Waals surface area contributed by atoms with Crippen LogP contribution in [0.4, 0.5) is 0 Å². The predicted molar refractivity (Wildman–Crippen MR) is 52.7 cm³/mol. The van der Waals surface area contributed by atoms with Crippen LogP contribution in [0.15, 0.2) is 22.7 Å². The van der Waals surface area contributed by atoms with Gasteiger partial charge >= 0.3 is 0 Å². The SMILES string of the molecule is OCc1ccc(CBr)c(Br)c1. The molecule has 1 N–H and O–H groups in total. The summed E-state index contributed by atoms with van der Waals surface area (Å²) in [6.07, 6.45) is 0. The molecule has 0 saturated carbocycles. The van der Waals surface area contributed by atoms with Gasteiger partial charge in [-0.25, -0.2) is 0 Å². The Balaban J connectivity index is 2.99. The van der Waals surface area contributed by atoms with Crippen molar-refractivity contribution in [3.8, 4) is 0 Å². The highest BCUT2D eigenvalue weighted by molar-refractivity contribution is 9.10. The van der Waals surface area contributed by atoms with Crippen LogP contribution in [-0.4, -0.2) is 5.11 Å². The first-order valence-corrected chi connectivity index (χ1v) is 5.13. The summed E-state index contributed by atoms with van der Waals surface area (Å²) in [5.74, 6) is 0. The molecule has 0 aliphatic rings. The van der Waals surface area contributed by atoms with Crippen molar-refractivity contribution >= 4 is 31.9 Å². The van der Waals surface area contributed by atoms with E-state index in [-0.39, 0.29) is 6.61 Å². The topological polar surface area (TPSA) is 20.2 Å². The number of benzene rings is 1. The van der Waals surface area contributed by atoms with Gasteiger partial charge in [-0.05, 0) is 17.2 Å². The zero-order valence-corrected chi connectivity index (χ0v) is 9.02. The van der Waals surface area contributed by atoms with Crippen LogP contribution in [0.5, 0.6) is 0 Å². The fourth-order valence-corrected chi connectivity index (χ4v) is 2.23. The zero-order valence-electron chi connectivity index (χ0n) is 5.85. The van der Waals surface area contributed by atoms with Crippen molar-refractivity contribution in [1.82, 2.24) is 0 Å². The molecule has 0 aliphatic heterocycles. The average Bonchev–Trinajstić information content (AvgIpc) is 2.04. The molecule has 0 spiro atoms. The third-order valence-corrected chi connectivity index (χ3v) is 2.79. The normalized spacial score (nSPS) is 10.1. The number of halogens is 2. The van der Waals surface area contributed by atoms with Crippen LogP contribution in [0, 0.1) is 0 Å². The van der Waals surface area contributed by atoms with Gasteiger partial charge in [-0.15, -0.1) is 0 Å². The van der Waals surface area contributed by atoms with E-state index in [2.05, 4.69) is 31.9 Å². The molecule has 1 aromatic rings. The lowest BCUT2D eigenvalue weighted by Crippen LogP contribution is -1.85. The van der Waals surface area contributed by atoms with E-state index in [1.165, 1.54) is 5.56 Å². The van der Waals surface area contributed by atoms with E-state index in [1.54, 1.807) is 0 Å². The molecule has 0 amide bonds. The van der Waals surface area contributed by atoms with Gasteiger partial charge in [0.25, 0.3) is 0 Å². The zero-order chi connectivity index (χ0) is 8.27. The van der Waals surface area contributed by atoms with Crippen molar-refractivity contribution in [2.45, 2.75) is 11.9 Å². The molecule has 0 aliphatic carbocycles. The summed E-state index contributed by atoms with van der Waals surface area (Å²) in [4.78, 5) is 0. The lowest BCUT2D eigenvalue weighted by atomic mass is 10.2. The number of hydrogen-bond acceptors (Lipinski definition) is 1. The monoisotopic (exact) mass is 278 g/mol. The molecule has 11 heavy (non-hydrogen) atoms. The lowest BCUT2D eigenvalue weighted by Gasteiger charge is -2.01. The van der Waals surface area contributed by atoms with Gasteiger partial charge in [-0.1, -0.05) is 44.0 Å². The summed E-state index contributed by atoms with van der Waals surface area (Å²) >= 11 is 6.77. The summed E-state index contributed by atoms with van der Waals surface area (Å²) in [6, 6.07) is 5.84. The van der Waals surface area contributed by atoms with Crippen LogP contribution >= 0.6 is 31.9 Å². The fourth-order valence-electron chi connectivity index (χ4n) is 0.798. The van der Waals surface area contributed by atoms with Gasteiger partial charge < -0.3 is 5.11 Å². The second-order valence-electron chi connectivity index (χ2n) is 2.22. The van der Waals surface area contributed by atoms with Crippen LogP contribution in [0.25, 0.3) is 0 Å². The van der Waals surface area contributed by atoms with E-state index in [1.807, 2.05) is 18.2 Å². The highest BCUT2D eigenvalue weighted by atomic mass is 79.9. The lowest BCUT2D eigenvalue weighted by molar-refractivity contribution is 0.282. The first-order chi connectivity index (χ1) is 5.27. The van der Waals surface area contributed by atoms with Crippen LogP contribution in [-0.2, 0) is 11.9 Å². The van der Waals surface area contributed by atoms with Gasteiger partial charge in [0.2, 0.25) is 0 Å². The highest BCUT2D eigenvalue weighted by Gasteiger charge is 1.98. The molecular weight excluding hydrogens is 272 g/mol. The van der Waals surface area contributed by atoms with Gasteiger partial charge in [0, 0.05) is 9.80 Å². The van der Waals surface area contributed by atoms with Gasteiger partial charge in [-0.2, -0.15) is 0 Å². The Morgan fingerprint density at radius 1 is 1.36 bits per heavy atom. The largest absolute Gasteiger partial charge is 0.392 e. The maximum absolute atomic E-state index is 8.79. The molecule has 1 aromatic carbocycles. The summed E-state index contributed by atoms with van der Waals surface area (Å²) in [5.41, 5.74) is 2.13. The van der Waals surface area contributed by atoms with Crippen molar-refractivity contribution in [3.63, 3.8) is 0 Å². The first kappa shape index (κ1) is 9.23. The molecule has 0 atom stereocenters. The molecular formula is C8H8Br2O. The minimum atomic E-state index is 0.0984. The number of aliphatic hydroxyl groups excluding tert-OH is 1. The highest BCUT2D eigenvalue weighted by Crippen LogP contribution is 2.20. The van der Waals surface area contributed by atoms with Crippen LogP contribution in [0.1, 0.15) is 11.1 Å². The Labute approximate surface area is 82.7 Å². The molecule has 0 radical (unpaired) electrons. The number of hydrogen-bond donors (Lipinski definition) is 1. The van der Waals surface area contributed by atoms with E-state index < -0.39 is 0 Å². The van der Waals surface area contributed by atoms with Gasteiger partial charge in [0.15, 0.2) is 0 Å². The van der Waals surface area contributed by atoms with Crippen molar-refractivity contribution in [1.29, 1.82) is 0 Å². The summed E-state index contributed by atoms with van der Waals surface area (Å²) in [6.45, 7) is 0.0984. The Morgan fingerprint density at radius 2 is 2.09 bits per heavy atom. The first-order valence-electron chi connectivity index (χ1n) is 3.22. The van der Waals surface area contributed by atoms with Crippen LogP contribution in [0.3, 0.4) is 0 Å². The quantitative estimate of drug-likeness (QED) is 0.826. The maximum atomic E-state index is 8.79. The minimum Gasteiger partial charge on any atom is -0.392 e. The van der Waals surface area contributed by atoms with Crippen LogP contribution in [0.2, 0.25) is 0 Å². The van der Waals surface area contributed by atoms with Crippen molar-refractivity contribution in [2.24, 2.45) is 0 Å². The molecule has 0 saturated heterocycles. The Bertz CT molecular complexity index is 248. The Morgan fingerprint density at radius 3 is 2.55 bits per heavy atom. The average molecular weight is 280 g/mol. The number of aliphatic hydroxyl groups is 1. The van der Waals surface area contributed by atoms with E-state index in [9.17, 15) is 0 Å². The number of rotatable bonds is 2. The van der Waals surface area contributed by atoms with E-state index in [0.717, 1.165) is 15.4 Å². The molecule has 3 heteroatoms. The third kappa shape index (κ3) is 2.29. The van der Waals surface area contributed by atoms with Crippen molar-refractivity contribution in [3.05, 3.63) is 33.8 Å². The van der Waals surface area contributed by atoms with E-state index in [4.69, 9.17) is 5.11 Å². The molecule has 1 nitrogen and oxygen atoms in total. The van der Waals surface area contributed by atoms with Gasteiger partial charge in [-0.3, -0.25) is 0 Å². The van der Waals surface area contributed by atoms with Crippen molar-refractivity contribution in [2.75, 3.05) is 0 Å². The van der Waals surface area contributed by atoms with Gasteiger partial charge in [0.05, 0.1) is 6.61 Å². The number of alkyl halides is 1. The summed E-state index contributed by atoms with van der Waals surface area (Å²) in [5, 5.41) is 9.63.